The number of carboxylic acids is 1. The second-order valence-electron chi connectivity index (χ2n) is 8.21. The third-order valence-electron chi connectivity index (χ3n) is 5.49. The fraction of sp³-hybridized carbons (Fsp3) is 0.958. The molecule has 1 radical (unpaired) electrons. The summed E-state index contributed by atoms with van der Waals surface area (Å²) in [5, 5.41) is 8.57. The van der Waals surface area contributed by atoms with Crippen molar-refractivity contribution in [2.45, 2.75) is 148 Å². The second kappa shape index (κ2) is 26.2. The van der Waals surface area contributed by atoms with Gasteiger partial charge in [-0.3, -0.25) is 4.79 Å². The topological polar surface area (TPSA) is 37.3 Å². The summed E-state index contributed by atoms with van der Waals surface area (Å²) in [6.45, 7) is 2.29. The SMILES string of the molecule is CCCCCCCCCCCCCCCCCCCCCCCC(=O)O.[Ag]. The van der Waals surface area contributed by atoms with E-state index in [2.05, 4.69) is 6.92 Å². The number of unbranched alkanes of at least 4 members (excludes halogenated alkanes) is 20. The Morgan fingerprint density at radius 3 is 0.926 bits per heavy atom. The molecule has 0 saturated heterocycles. The smallest absolute Gasteiger partial charge is 0.303 e. The Morgan fingerprint density at radius 2 is 0.704 bits per heavy atom. The molecule has 3 heteroatoms. The van der Waals surface area contributed by atoms with E-state index in [-0.39, 0.29) is 22.4 Å². The summed E-state index contributed by atoms with van der Waals surface area (Å²) < 4.78 is 0. The zero-order chi connectivity index (χ0) is 19.1. The number of rotatable bonds is 22. The van der Waals surface area contributed by atoms with Gasteiger partial charge in [-0.25, -0.2) is 0 Å². The minimum Gasteiger partial charge on any atom is -0.481 e. The number of aliphatic carboxylic acids is 1. The third-order valence-corrected chi connectivity index (χ3v) is 5.49. The fourth-order valence-corrected chi connectivity index (χ4v) is 3.71. The van der Waals surface area contributed by atoms with Crippen LogP contribution in [0.5, 0.6) is 0 Å². The number of hydrogen-bond donors (Lipinski definition) is 1. The molecule has 0 aromatic heterocycles. The first-order valence-electron chi connectivity index (χ1n) is 12.0. The van der Waals surface area contributed by atoms with Gasteiger partial charge in [-0.05, 0) is 6.42 Å². The molecule has 0 saturated carbocycles. The molecule has 0 aromatic rings. The number of carboxylic acid groups (broad SMARTS) is 1. The molecule has 27 heavy (non-hydrogen) atoms. The molecule has 0 spiro atoms. The van der Waals surface area contributed by atoms with Crippen LogP contribution in [-0.2, 0) is 27.2 Å². The van der Waals surface area contributed by atoms with Crippen LogP contribution in [0.2, 0.25) is 0 Å². The van der Waals surface area contributed by atoms with Crippen LogP contribution in [0.3, 0.4) is 0 Å². The summed E-state index contributed by atoms with van der Waals surface area (Å²) in [6, 6.07) is 0. The number of carbonyl (C=O) groups is 1. The van der Waals surface area contributed by atoms with Gasteiger partial charge in [-0.1, -0.05) is 135 Å². The summed E-state index contributed by atoms with van der Waals surface area (Å²) in [4.78, 5) is 10.4. The van der Waals surface area contributed by atoms with Gasteiger partial charge in [0.25, 0.3) is 0 Å². The predicted molar refractivity (Wildman–Crippen MR) is 115 cm³/mol. The maximum Gasteiger partial charge on any atom is 0.303 e. The van der Waals surface area contributed by atoms with Crippen LogP contribution in [0.4, 0.5) is 0 Å². The first-order chi connectivity index (χ1) is 12.8. The molecule has 0 aliphatic carbocycles. The Hall–Kier alpha value is 0.210. The van der Waals surface area contributed by atoms with Gasteiger partial charge in [0.15, 0.2) is 0 Å². The van der Waals surface area contributed by atoms with Gasteiger partial charge >= 0.3 is 5.97 Å². The largest absolute Gasteiger partial charge is 0.481 e. The Balaban J connectivity index is 0. The van der Waals surface area contributed by atoms with E-state index in [9.17, 15) is 4.79 Å². The van der Waals surface area contributed by atoms with Crippen LogP contribution >= 0.6 is 0 Å². The van der Waals surface area contributed by atoms with Crippen molar-refractivity contribution in [2.75, 3.05) is 0 Å². The fourth-order valence-electron chi connectivity index (χ4n) is 3.71. The van der Waals surface area contributed by atoms with Crippen molar-refractivity contribution in [3.05, 3.63) is 0 Å². The van der Waals surface area contributed by atoms with Gasteiger partial charge in [0, 0.05) is 28.8 Å². The van der Waals surface area contributed by atoms with E-state index in [0.29, 0.717) is 6.42 Å². The minimum absolute atomic E-state index is 0. The Morgan fingerprint density at radius 1 is 0.481 bits per heavy atom. The van der Waals surface area contributed by atoms with E-state index in [0.717, 1.165) is 12.8 Å². The molecule has 0 rings (SSSR count). The molecular formula is C24H48AgO2. The molecule has 0 amide bonds. The Labute approximate surface area is 186 Å². The Bertz CT molecular complexity index is 282. The van der Waals surface area contributed by atoms with Crippen molar-refractivity contribution in [1.29, 1.82) is 0 Å². The number of hydrogen-bond acceptors (Lipinski definition) is 1. The molecule has 1 N–H and O–H groups in total. The van der Waals surface area contributed by atoms with Gasteiger partial charge in [-0.15, -0.1) is 0 Å². The summed E-state index contributed by atoms with van der Waals surface area (Å²) in [5.41, 5.74) is 0. The molecule has 0 aliphatic rings. The average molecular weight is 477 g/mol. The van der Waals surface area contributed by atoms with Crippen LogP contribution in [0.15, 0.2) is 0 Å². The molecular weight excluding hydrogens is 428 g/mol. The van der Waals surface area contributed by atoms with Crippen molar-refractivity contribution >= 4 is 5.97 Å². The van der Waals surface area contributed by atoms with E-state index >= 15 is 0 Å². The maximum absolute atomic E-state index is 10.4. The standard InChI is InChI=1S/C24H48O2.Ag/c1-2-3-4-5-6-7-8-9-10-11-12-13-14-15-16-17-18-19-20-21-22-23-24(25)26;/h2-23H2,1H3,(H,25,26);. The van der Waals surface area contributed by atoms with Gasteiger partial charge < -0.3 is 5.11 Å². The molecule has 0 unspecified atom stereocenters. The summed E-state index contributed by atoms with van der Waals surface area (Å²) in [5.74, 6) is -0.650. The molecule has 0 heterocycles. The molecule has 0 atom stereocenters. The van der Waals surface area contributed by atoms with Crippen molar-refractivity contribution in [3.63, 3.8) is 0 Å². The first kappa shape index (κ1) is 29.4. The van der Waals surface area contributed by atoms with Crippen LogP contribution in [-0.4, -0.2) is 11.1 Å². The van der Waals surface area contributed by atoms with E-state index in [1.807, 2.05) is 0 Å². The first-order valence-corrected chi connectivity index (χ1v) is 12.0. The normalized spacial score (nSPS) is 10.7. The Kier molecular flexibility index (Phi) is 28.6. The van der Waals surface area contributed by atoms with E-state index < -0.39 is 5.97 Å². The maximum atomic E-state index is 10.4. The van der Waals surface area contributed by atoms with Gasteiger partial charge in [0.05, 0.1) is 0 Å². The molecule has 0 bridgehead atoms. The van der Waals surface area contributed by atoms with Crippen molar-refractivity contribution in [3.8, 4) is 0 Å². The molecule has 0 fully saturated rings. The quantitative estimate of drug-likeness (QED) is 0.125. The van der Waals surface area contributed by atoms with Crippen LogP contribution in [0.1, 0.15) is 148 Å². The van der Waals surface area contributed by atoms with Crippen LogP contribution in [0, 0.1) is 0 Å². The molecule has 0 aliphatic heterocycles. The zero-order valence-corrected chi connectivity index (χ0v) is 19.7. The monoisotopic (exact) mass is 475 g/mol. The summed E-state index contributed by atoms with van der Waals surface area (Å²) >= 11 is 0. The van der Waals surface area contributed by atoms with Crippen LogP contribution < -0.4 is 0 Å². The molecule has 2 nitrogen and oxygen atoms in total. The molecule has 167 valence electrons. The molecule has 0 aromatic carbocycles. The van der Waals surface area contributed by atoms with E-state index in [4.69, 9.17) is 5.11 Å². The zero-order valence-electron chi connectivity index (χ0n) is 18.2. The van der Waals surface area contributed by atoms with E-state index in [1.165, 1.54) is 122 Å². The van der Waals surface area contributed by atoms with Gasteiger partial charge in [0.1, 0.15) is 0 Å². The van der Waals surface area contributed by atoms with Crippen molar-refractivity contribution in [1.82, 2.24) is 0 Å². The summed E-state index contributed by atoms with van der Waals surface area (Å²) in [6.07, 6.45) is 29.1. The minimum atomic E-state index is -0.650. The van der Waals surface area contributed by atoms with Crippen molar-refractivity contribution in [2.24, 2.45) is 0 Å². The third kappa shape index (κ3) is 28.5. The van der Waals surface area contributed by atoms with Crippen molar-refractivity contribution < 1.29 is 32.3 Å². The predicted octanol–water partition coefficient (Wildman–Crippen LogP) is 8.67. The summed E-state index contributed by atoms with van der Waals surface area (Å²) in [7, 11) is 0. The van der Waals surface area contributed by atoms with Gasteiger partial charge in [0.2, 0.25) is 0 Å². The van der Waals surface area contributed by atoms with E-state index in [1.54, 1.807) is 0 Å². The van der Waals surface area contributed by atoms with Crippen LogP contribution in [0.25, 0.3) is 0 Å². The second-order valence-corrected chi connectivity index (χ2v) is 8.21. The average Bonchev–Trinajstić information content (AvgIpc) is 2.62. The van der Waals surface area contributed by atoms with Gasteiger partial charge in [-0.2, -0.15) is 0 Å².